The quantitative estimate of drug-likeness (QED) is 0.834. The highest BCUT2D eigenvalue weighted by molar-refractivity contribution is 5.80. The van der Waals surface area contributed by atoms with Crippen LogP contribution >= 0.6 is 0 Å². The number of hydrogen-bond acceptors (Lipinski definition) is 5. The maximum atomic E-state index is 14.2. The average Bonchev–Trinajstić information content (AvgIpc) is 3.12. The van der Waals surface area contributed by atoms with Crippen LogP contribution < -0.4 is 5.32 Å². The second-order valence-electron chi connectivity index (χ2n) is 6.18. The molecule has 136 valence electrons. The minimum absolute atomic E-state index is 0.144. The molecular formula is C20H20FNO4. The van der Waals surface area contributed by atoms with Crippen molar-refractivity contribution in [3.8, 4) is 0 Å². The van der Waals surface area contributed by atoms with E-state index in [-0.39, 0.29) is 13.0 Å². The molecule has 3 unspecified atom stereocenters. The number of nitrogens with one attached hydrogen (secondary N) is 1. The standard InChI is InChI=1S/C20H20FNO4/c1-25-19(23)15-11-17(20(24)26-12-13-7-3-2-4-8-13)22-18(15)14-9-5-6-10-16(14)21/h2-10,15,17-18,22H,11-12H2,1H3. The molecule has 26 heavy (non-hydrogen) atoms. The Morgan fingerprint density at radius 2 is 1.77 bits per heavy atom. The Morgan fingerprint density at radius 3 is 2.46 bits per heavy atom. The zero-order valence-corrected chi connectivity index (χ0v) is 14.4. The zero-order valence-electron chi connectivity index (χ0n) is 14.4. The summed E-state index contributed by atoms with van der Waals surface area (Å²) in [4.78, 5) is 24.5. The van der Waals surface area contributed by atoms with E-state index in [9.17, 15) is 14.0 Å². The molecule has 0 aromatic heterocycles. The van der Waals surface area contributed by atoms with Gasteiger partial charge >= 0.3 is 11.9 Å². The highest BCUT2D eigenvalue weighted by Crippen LogP contribution is 2.35. The van der Waals surface area contributed by atoms with E-state index in [2.05, 4.69) is 5.32 Å². The summed E-state index contributed by atoms with van der Waals surface area (Å²) >= 11 is 0. The second kappa shape index (κ2) is 8.10. The van der Waals surface area contributed by atoms with Crippen molar-refractivity contribution in [2.24, 2.45) is 5.92 Å². The predicted molar refractivity (Wildman–Crippen MR) is 92.4 cm³/mol. The summed E-state index contributed by atoms with van der Waals surface area (Å²) in [5.41, 5.74) is 1.20. The van der Waals surface area contributed by atoms with Gasteiger partial charge in [0.25, 0.3) is 0 Å². The van der Waals surface area contributed by atoms with Gasteiger partial charge in [-0.25, -0.2) is 4.39 Å². The molecule has 1 aliphatic heterocycles. The largest absolute Gasteiger partial charge is 0.469 e. The Hall–Kier alpha value is -2.73. The molecule has 1 N–H and O–H groups in total. The van der Waals surface area contributed by atoms with E-state index in [0.29, 0.717) is 5.56 Å². The Bertz CT molecular complexity index is 780. The molecule has 0 aliphatic carbocycles. The Labute approximate surface area is 151 Å². The van der Waals surface area contributed by atoms with Gasteiger partial charge in [0.15, 0.2) is 0 Å². The summed E-state index contributed by atoms with van der Waals surface area (Å²) in [7, 11) is 1.28. The summed E-state index contributed by atoms with van der Waals surface area (Å²) in [6, 6.07) is 14.2. The molecule has 2 aromatic carbocycles. The van der Waals surface area contributed by atoms with E-state index >= 15 is 0 Å². The first-order valence-electron chi connectivity index (χ1n) is 8.39. The number of ether oxygens (including phenoxy) is 2. The van der Waals surface area contributed by atoms with Crippen LogP contribution in [-0.2, 0) is 25.7 Å². The third-order valence-electron chi connectivity index (χ3n) is 4.53. The third-order valence-corrected chi connectivity index (χ3v) is 4.53. The maximum Gasteiger partial charge on any atom is 0.323 e. The lowest BCUT2D eigenvalue weighted by atomic mass is 9.93. The molecule has 0 amide bonds. The Balaban J connectivity index is 1.72. The van der Waals surface area contributed by atoms with Crippen molar-refractivity contribution in [1.29, 1.82) is 0 Å². The van der Waals surface area contributed by atoms with E-state index in [4.69, 9.17) is 9.47 Å². The van der Waals surface area contributed by atoms with Crippen molar-refractivity contribution in [2.45, 2.75) is 25.1 Å². The third kappa shape index (κ3) is 3.91. The fraction of sp³-hybridized carbons (Fsp3) is 0.300. The van der Waals surface area contributed by atoms with E-state index in [1.165, 1.54) is 13.2 Å². The fourth-order valence-corrected chi connectivity index (χ4v) is 3.20. The smallest absolute Gasteiger partial charge is 0.323 e. The number of hydrogen-bond donors (Lipinski definition) is 1. The van der Waals surface area contributed by atoms with Crippen LogP contribution in [0.25, 0.3) is 0 Å². The van der Waals surface area contributed by atoms with E-state index in [1.807, 2.05) is 30.3 Å². The first-order chi connectivity index (χ1) is 12.6. The number of methoxy groups -OCH3 is 1. The SMILES string of the molecule is COC(=O)C1CC(C(=O)OCc2ccccc2)NC1c1ccccc1F. The minimum atomic E-state index is -0.701. The normalized spacial score (nSPS) is 22.0. The first kappa shape index (κ1) is 18.1. The highest BCUT2D eigenvalue weighted by atomic mass is 19.1. The lowest BCUT2D eigenvalue weighted by Gasteiger charge is -2.18. The van der Waals surface area contributed by atoms with E-state index < -0.39 is 35.8 Å². The van der Waals surface area contributed by atoms with Crippen LogP contribution in [-0.4, -0.2) is 25.1 Å². The van der Waals surface area contributed by atoms with Crippen molar-refractivity contribution in [3.63, 3.8) is 0 Å². The number of carbonyl (C=O) groups is 2. The van der Waals surface area contributed by atoms with Gasteiger partial charge in [-0.2, -0.15) is 0 Å². The minimum Gasteiger partial charge on any atom is -0.469 e. The monoisotopic (exact) mass is 357 g/mol. The Kier molecular flexibility index (Phi) is 5.63. The molecule has 1 saturated heterocycles. The first-order valence-corrected chi connectivity index (χ1v) is 8.39. The van der Waals surface area contributed by atoms with Gasteiger partial charge in [-0.1, -0.05) is 48.5 Å². The predicted octanol–water partition coefficient (Wildman–Crippen LogP) is 2.76. The van der Waals surface area contributed by atoms with Gasteiger partial charge in [-0.15, -0.1) is 0 Å². The number of carbonyl (C=O) groups excluding carboxylic acids is 2. The molecule has 0 bridgehead atoms. The number of benzene rings is 2. The molecular weight excluding hydrogens is 337 g/mol. The van der Waals surface area contributed by atoms with Gasteiger partial charge in [-0.05, 0) is 18.1 Å². The van der Waals surface area contributed by atoms with Crippen LogP contribution in [0.4, 0.5) is 4.39 Å². The molecule has 0 spiro atoms. The second-order valence-corrected chi connectivity index (χ2v) is 6.18. The van der Waals surface area contributed by atoms with Gasteiger partial charge < -0.3 is 9.47 Å². The molecule has 6 heteroatoms. The van der Waals surface area contributed by atoms with Crippen LogP contribution in [0.2, 0.25) is 0 Å². The van der Waals surface area contributed by atoms with Crippen LogP contribution in [0, 0.1) is 11.7 Å². The van der Waals surface area contributed by atoms with Crippen molar-refractivity contribution < 1.29 is 23.5 Å². The molecule has 5 nitrogen and oxygen atoms in total. The summed E-state index contributed by atoms with van der Waals surface area (Å²) in [6.45, 7) is 0.144. The van der Waals surface area contributed by atoms with Gasteiger partial charge in [0.1, 0.15) is 18.5 Å². The lowest BCUT2D eigenvalue weighted by molar-refractivity contribution is -0.147. The fourth-order valence-electron chi connectivity index (χ4n) is 3.20. The van der Waals surface area contributed by atoms with E-state index in [0.717, 1.165) is 5.56 Å². The Morgan fingerprint density at radius 1 is 1.08 bits per heavy atom. The van der Waals surface area contributed by atoms with Crippen LogP contribution in [0.15, 0.2) is 54.6 Å². The summed E-state index contributed by atoms with van der Waals surface area (Å²) < 4.78 is 24.3. The maximum absolute atomic E-state index is 14.2. The van der Waals surface area contributed by atoms with Crippen LogP contribution in [0.3, 0.4) is 0 Å². The summed E-state index contributed by atoms with van der Waals surface area (Å²) in [5, 5.41) is 3.03. The molecule has 0 saturated carbocycles. The van der Waals surface area contributed by atoms with Crippen LogP contribution in [0.5, 0.6) is 0 Å². The van der Waals surface area contributed by atoms with E-state index in [1.54, 1.807) is 18.2 Å². The molecule has 2 aromatic rings. The molecule has 1 heterocycles. The van der Waals surface area contributed by atoms with Crippen molar-refractivity contribution in [1.82, 2.24) is 5.32 Å². The number of esters is 2. The summed E-state index contributed by atoms with van der Waals surface area (Å²) in [5.74, 6) is -2.05. The molecule has 3 rings (SSSR count). The molecule has 3 atom stereocenters. The van der Waals surface area contributed by atoms with Crippen molar-refractivity contribution in [3.05, 3.63) is 71.5 Å². The highest BCUT2D eigenvalue weighted by Gasteiger charge is 2.44. The molecule has 0 radical (unpaired) electrons. The zero-order chi connectivity index (χ0) is 18.5. The summed E-state index contributed by atoms with van der Waals surface area (Å²) in [6.07, 6.45) is 0.194. The van der Waals surface area contributed by atoms with Gasteiger partial charge in [-0.3, -0.25) is 14.9 Å². The van der Waals surface area contributed by atoms with Crippen molar-refractivity contribution in [2.75, 3.05) is 7.11 Å². The topological polar surface area (TPSA) is 64.6 Å². The van der Waals surface area contributed by atoms with Crippen molar-refractivity contribution >= 4 is 11.9 Å². The van der Waals surface area contributed by atoms with Gasteiger partial charge in [0.05, 0.1) is 13.0 Å². The molecule has 1 aliphatic rings. The lowest BCUT2D eigenvalue weighted by Crippen LogP contribution is -2.34. The molecule has 1 fully saturated rings. The number of rotatable bonds is 5. The van der Waals surface area contributed by atoms with Gasteiger partial charge in [0, 0.05) is 11.6 Å². The van der Waals surface area contributed by atoms with Crippen LogP contribution in [0.1, 0.15) is 23.6 Å². The average molecular weight is 357 g/mol. The number of halogens is 1. The van der Waals surface area contributed by atoms with Gasteiger partial charge in [0.2, 0.25) is 0 Å².